The van der Waals surface area contributed by atoms with Crippen LogP contribution in [0.1, 0.15) is 25.0 Å². The highest BCUT2D eigenvalue weighted by molar-refractivity contribution is 7.80. The number of aromatic nitrogens is 2. The van der Waals surface area contributed by atoms with Crippen LogP contribution in [0.4, 0.5) is 5.69 Å². The van der Waals surface area contributed by atoms with Crippen LogP contribution in [0.3, 0.4) is 0 Å². The van der Waals surface area contributed by atoms with E-state index in [9.17, 15) is 4.79 Å². The molecule has 0 bridgehead atoms. The molecule has 2 aromatic rings. The number of imidazole rings is 1. The van der Waals surface area contributed by atoms with Gasteiger partial charge in [0.2, 0.25) is 5.91 Å². The second-order valence-electron chi connectivity index (χ2n) is 5.28. The van der Waals surface area contributed by atoms with Crippen LogP contribution >= 0.6 is 12.6 Å². The third-order valence-electron chi connectivity index (χ3n) is 3.75. The molecule has 0 aliphatic carbocycles. The predicted molar refractivity (Wildman–Crippen MR) is 87.7 cm³/mol. The van der Waals surface area contributed by atoms with Gasteiger partial charge in [-0.3, -0.25) is 4.79 Å². The molecule has 1 amide bonds. The number of anilines is 1. The van der Waals surface area contributed by atoms with E-state index in [0.717, 1.165) is 30.0 Å². The van der Waals surface area contributed by atoms with Gasteiger partial charge in [-0.05, 0) is 37.1 Å². The fourth-order valence-electron chi connectivity index (χ4n) is 2.73. The van der Waals surface area contributed by atoms with Crippen molar-refractivity contribution >= 4 is 24.2 Å². The molecule has 0 saturated heterocycles. The van der Waals surface area contributed by atoms with Gasteiger partial charge in [0.1, 0.15) is 5.82 Å². The van der Waals surface area contributed by atoms with Crippen molar-refractivity contribution in [2.75, 3.05) is 11.1 Å². The zero-order valence-electron chi connectivity index (χ0n) is 11.9. The summed E-state index contributed by atoms with van der Waals surface area (Å²) in [6.07, 6.45) is 5.94. The zero-order valence-corrected chi connectivity index (χ0v) is 12.8. The third kappa shape index (κ3) is 3.13. The molecule has 0 unspecified atom stereocenters. The van der Waals surface area contributed by atoms with Gasteiger partial charge in [0.15, 0.2) is 0 Å². The lowest BCUT2D eigenvalue weighted by Crippen LogP contribution is -2.12. The fraction of sp³-hybridized carbons (Fsp3) is 0.375. The van der Waals surface area contributed by atoms with Gasteiger partial charge in [-0.25, -0.2) is 4.98 Å². The van der Waals surface area contributed by atoms with Crippen molar-refractivity contribution in [3.05, 3.63) is 36.2 Å². The van der Waals surface area contributed by atoms with E-state index in [1.165, 1.54) is 18.5 Å². The Hall–Kier alpha value is -1.75. The van der Waals surface area contributed by atoms with Crippen LogP contribution in [0.25, 0.3) is 11.4 Å². The van der Waals surface area contributed by atoms with Crippen molar-refractivity contribution in [1.29, 1.82) is 0 Å². The standard InChI is InChI=1S/C16H19N3OS/c20-15(7-9-21)18-13-5-3-4-12(10-13)16-17-11-14-6-1-2-8-19(14)16/h3-5,10-11,21H,1-2,6-9H2,(H,18,20). The first-order chi connectivity index (χ1) is 10.3. The molecule has 21 heavy (non-hydrogen) atoms. The summed E-state index contributed by atoms with van der Waals surface area (Å²) >= 11 is 4.08. The third-order valence-corrected chi connectivity index (χ3v) is 3.97. The molecule has 0 atom stereocenters. The first-order valence-corrected chi connectivity index (χ1v) is 7.97. The topological polar surface area (TPSA) is 46.9 Å². The first-order valence-electron chi connectivity index (χ1n) is 7.33. The summed E-state index contributed by atoms with van der Waals surface area (Å²) in [4.78, 5) is 16.2. The van der Waals surface area contributed by atoms with Crippen LogP contribution in [-0.4, -0.2) is 21.2 Å². The van der Waals surface area contributed by atoms with Gasteiger partial charge in [-0.2, -0.15) is 12.6 Å². The van der Waals surface area contributed by atoms with Gasteiger partial charge in [-0.15, -0.1) is 0 Å². The molecule has 1 aromatic heterocycles. The van der Waals surface area contributed by atoms with Crippen LogP contribution in [0.2, 0.25) is 0 Å². The molecule has 0 spiro atoms. The lowest BCUT2D eigenvalue weighted by molar-refractivity contribution is -0.115. The number of amides is 1. The summed E-state index contributed by atoms with van der Waals surface area (Å²) in [7, 11) is 0. The molecular weight excluding hydrogens is 282 g/mol. The molecule has 1 N–H and O–H groups in total. The highest BCUT2D eigenvalue weighted by atomic mass is 32.1. The van der Waals surface area contributed by atoms with Gasteiger partial charge in [0.25, 0.3) is 0 Å². The number of fused-ring (bicyclic) bond motifs is 1. The van der Waals surface area contributed by atoms with E-state index in [0.29, 0.717) is 12.2 Å². The van der Waals surface area contributed by atoms with Crippen molar-refractivity contribution in [2.45, 2.75) is 32.2 Å². The van der Waals surface area contributed by atoms with E-state index in [2.05, 4.69) is 27.5 Å². The number of aryl methyl sites for hydroxylation is 1. The number of hydrogen-bond donors (Lipinski definition) is 2. The monoisotopic (exact) mass is 301 g/mol. The van der Waals surface area contributed by atoms with Crippen molar-refractivity contribution in [3.8, 4) is 11.4 Å². The lowest BCUT2D eigenvalue weighted by Gasteiger charge is -2.16. The maximum Gasteiger partial charge on any atom is 0.225 e. The number of carbonyl (C=O) groups is 1. The molecule has 110 valence electrons. The molecule has 0 radical (unpaired) electrons. The predicted octanol–water partition coefficient (Wildman–Crippen LogP) is 3.14. The second-order valence-corrected chi connectivity index (χ2v) is 5.73. The molecule has 4 nitrogen and oxygen atoms in total. The molecule has 5 heteroatoms. The number of benzene rings is 1. The molecular formula is C16H19N3OS. The van der Waals surface area contributed by atoms with E-state index in [1.807, 2.05) is 30.5 Å². The number of nitrogens with one attached hydrogen (secondary N) is 1. The minimum absolute atomic E-state index is 0.00713. The summed E-state index contributed by atoms with van der Waals surface area (Å²) in [5.41, 5.74) is 3.17. The maximum atomic E-state index is 11.7. The number of hydrogen-bond acceptors (Lipinski definition) is 3. The minimum Gasteiger partial charge on any atom is -0.328 e. The summed E-state index contributed by atoms with van der Waals surface area (Å²) < 4.78 is 2.29. The Balaban J connectivity index is 1.86. The Morgan fingerprint density at radius 2 is 2.29 bits per heavy atom. The van der Waals surface area contributed by atoms with Gasteiger partial charge in [0.05, 0.1) is 0 Å². The maximum absolute atomic E-state index is 11.7. The average molecular weight is 301 g/mol. The highest BCUT2D eigenvalue weighted by Gasteiger charge is 2.15. The molecule has 1 aliphatic heterocycles. The Morgan fingerprint density at radius 1 is 1.38 bits per heavy atom. The summed E-state index contributed by atoms with van der Waals surface area (Å²) in [5, 5.41) is 2.90. The minimum atomic E-state index is -0.00713. The first kappa shape index (κ1) is 14.2. The fourth-order valence-corrected chi connectivity index (χ4v) is 2.93. The van der Waals surface area contributed by atoms with Crippen molar-refractivity contribution in [1.82, 2.24) is 9.55 Å². The van der Waals surface area contributed by atoms with Crippen LogP contribution < -0.4 is 5.32 Å². The van der Waals surface area contributed by atoms with Gasteiger partial charge in [-0.1, -0.05) is 12.1 Å². The van der Waals surface area contributed by atoms with E-state index >= 15 is 0 Å². The molecule has 1 aliphatic rings. The summed E-state index contributed by atoms with van der Waals surface area (Å²) in [5.74, 6) is 1.54. The van der Waals surface area contributed by atoms with Gasteiger partial charge in [0, 0.05) is 36.1 Å². The average Bonchev–Trinajstić information content (AvgIpc) is 2.91. The normalized spacial score (nSPS) is 13.8. The molecule has 1 aromatic carbocycles. The Kier molecular flexibility index (Phi) is 4.29. The second kappa shape index (κ2) is 6.35. The largest absolute Gasteiger partial charge is 0.328 e. The van der Waals surface area contributed by atoms with Crippen LogP contribution in [0, 0.1) is 0 Å². The Bertz CT molecular complexity index is 651. The Labute approximate surface area is 130 Å². The van der Waals surface area contributed by atoms with E-state index in [4.69, 9.17) is 0 Å². The van der Waals surface area contributed by atoms with Crippen LogP contribution in [0.5, 0.6) is 0 Å². The smallest absolute Gasteiger partial charge is 0.225 e. The lowest BCUT2D eigenvalue weighted by atomic mass is 10.1. The zero-order chi connectivity index (χ0) is 14.7. The van der Waals surface area contributed by atoms with E-state index < -0.39 is 0 Å². The Morgan fingerprint density at radius 3 is 3.14 bits per heavy atom. The molecule has 3 rings (SSSR count). The van der Waals surface area contributed by atoms with Crippen LogP contribution in [0.15, 0.2) is 30.5 Å². The molecule has 0 fully saturated rings. The SMILES string of the molecule is O=C(CCS)Nc1cccc(-c2ncc3n2CCCC3)c1. The summed E-state index contributed by atoms with van der Waals surface area (Å²) in [6, 6.07) is 7.88. The number of rotatable bonds is 4. The van der Waals surface area contributed by atoms with Crippen molar-refractivity contribution in [3.63, 3.8) is 0 Å². The highest BCUT2D eigenvalue weighted by Crippen LogP contribution is 2.26. The molecule has 2 heterocycles. The molecule has 0 saturated carbocycles. The van der Waals surface area contributed by atoms with Crippen molar-refractivity contribution in [2.24, 2.45) is 0 Å². The van der Waals surface area contributed by atoms with E-state index in [1.54, 1.807) is 0 Å². The summed E-state index contributed by atoms with van der Waals surface area (Å²) in [6.45, 7) is 1.03. The van der Waals surface area contributed by atoms with Gasteiger partial charge < -0.3 is 9.88 Å². The number of nitrogens with zero attached hydrogens (tertiary/aromatic N) is 2. The van der Waals surface area contributed by atoms with Crippen molar-refractivity contribution < 1.29 is 4.79 Å². The quantitative estimate of drug-likeness (QED) is 0.852. The van der Waals surface area contributed by atoms with Gasteiger partial charge >= 0.3 is 0 Å². The number of carbonyl (C=O) groups excluding carboxylic acids is 1. The van der Waals surface area contributed by atoms with Crippen LogP contribution in [-0.2, 0) is 17.8 Å². The van der Waals surface area contributed by atoms with E-state index in [-0.39, 0.29) is 5.91 Å². The number of thiol groups is 1.